The highest BCUT2D eigenvalue weighted by atomic mass is 16.4. The number of carbonyl (C=O) groups excluding carboxylic acids is 1. The Bertz CT molecular complexity index is 224. The molecule has 0 heterocycles. The summed E-state index contributed by atoms with van der Waals surface area (Å²) in [5.41, 5.74) is 2.11. The molecule has 0 aromatic rings. The molecule has 0 aromatic carbocycles. The fourth-order valence-electron chi connectivity index (χ4n) is 1.79. The van der Waals surface area contributed by atoms with E-state index < -0.39 is 6.09 Å². The molecule has 1 aliphatic carbocycles. The van der Waals surface area contributed by atoms with Crippen molar-refractivity contribution in [1.82, 2.24) is 10.7 Å². The number of carboxylic acid groups (broad SMARTS) is 1. The summed E-state index contributed by atoms with van der Waals surface area (Å²) in [6, 6.07) is -0.0191. The van der Waals surface area contributed by atoms with Crippen LogP contribution in [0.5, 0.6) is 0 Å². The molecule has 0 unspecified atom stereocenters. The molecule has 6 heteroatoms. The van der Waals surface area contributed by atoms with Crippen LogP contribution in [0, 0.1) is 5.92 Å². The van der Waals surface area contributed by atoms with Crippen molar-refractivity contribution in [3.8, 4) is 0 Å². The van der Waals surface area contributed by atoms with Gasteiger partial charge in [-0.15, -0.1) is 0 Å². The minimum Gasteiger partial charge on any atom is -0.465 e. The van der Waals surface area contributed by atoms with E-state index in [1.165, 1.54) is 0 Å². The second-order valence-electron chi connectivity index (χ2n) is 3.51. The minimum atomic E-state index is -1.00. The third-order valence-electron chi connectivity index (χ3n) is 2.57. The van der Waals surface area contributed by atoms with E-state index in [0.717, 1.165) is 0 Å². The number of hydrogen-bond donors (Lipinski definition) is 4. The van der Waals surface area contributed by atoms with Gasteiger partial charge in [0.05, 0.1) is 0 Å². The molecule has 0 aliphatic heterocycles. The number of hydrogen-bond acceptors (Lipinski definition) is 3. The number of rotatable bonds is 2. The van der Waals surface area contributed by atoms with Gasteiger partial charge in [0, 0.05) is 12.0 Å². The molecule has 0 aromatic heterocycles. The summed E-state index contributed by atoms with van der Waals surface area (Å²) in [6.07, 6.45) is 1.77. The van der Waals surface area contributed by atoms with E-state index in [-0.39, 0.29) is 17.9 Å². The predicted molar refractivity (Wildman–Crippen MR) is 49.2 cm³/mol. The molecule has 2 amide bonds. The summed E-state index contributed by atoms with van der Waals surface area (Å²) in [4.78, 5) is 21.5. The first-order chi connectivity index (χ1) is 6.63. The normalized spacial score (nSPS) is 26.6. The van der Waals surface area contributed by atoms with E-state index in [1.807, 2.05) is 0 Å². The van der Waals surface area contributed by atoms with Crippen LogP contribution in [0.25, 0.3) is 0 Å². The summed E-state index contributed by atoms with van der Waals surface area (Å²) < 4.78 is 0. The van der Waals surface area contributed by atoms with Gasteiger partial charge in [-0.1, -0.05) is 0 Å². The average Bonchev–Trinajstić information content (AvgIpc) is 2.17. The Balaban J connectivity index is 2.31. The van der Waals surface area contributed by atoms with E-state index in [2.05, 4.69) is 10.7 Å². The fourth-order valence-corrected chi connectivity index (χ4v) is 1.79. The van der Waals surface area contributed by atoms with Crippen LogP contribution in [0.1, 0.15) is 25.7 Å². The Hall–Kier alpha value is -1.30. The number of amides is 2. The maximum atomic E-state index is 11.1. The number of nitrogens with two attached hydrogens (primary N) is 1. The maximum absolute atomic E-state index is 11.1. The van der Waals surface area contributed by atoms with Gasteiger partial charge < -0.3 is 10.4 Å². The van der Waals surface area contributed by atoms with Gasteiger partial charge in [-0.05, 0) is 25.7 Å². The third kappa shape index (κ3) is 2.88. The summed E-state index contributed by atoms with van der Waals surface area (Å²) in [5.74, 6) is 4.79. The highest BCUT2D eigenvalue weighted by molar-refractivity contribution is 5.78. The van der Waals surface area contributed by atoms with Gasteiger partial charge in [0.1, 0.15) is 0 Å². The van der Waals surface area contributed by atoms with Crippen molar-refractivity contribution in [2.24, 2.45) is 11.8 Å². The monoisotopic (exact) mass is 201 g/mol. The van der Waals surface area contributed by atoms with E-state index >= 15 is 0 Å². The molecule has 80 valence electrons. The molecule has 5 N–H and O–H groups in total. The summed E-state index contributed by atoms with van der Waals surface area (Å²) in [7, 11) is 0. The molecule has 0 saturated heterocycles. The number of nitrogens with one attached hydrogen (secondary N) is 2. The summed E-state index contributed by atoms with van der Waals surface area (Å²) in [5, 5.41) is 10.9. The molecule has 6 nitrogen and oxygen atoms in total. The molecular weight excluding hydrogens is 186 g/mol. The molecule has 1 aliphatic rings. The first-order valence-electron chi connectivity index (χ1n) is 4.63. The zero-order valence-electron chi connectivity index (χ0n) is 7.82. The Morgan fingerprint density at radius 3 is 2.21 bits per heavy atom. The van der Waals surface area contributed by atoms with Crippen LogP contribution in [0.3, 0.4) is 0 Å². The zero-order chi connectivity index (χ0) is 10.6. The Morgan fingerprint density at radius 2 is 1.79 bits per heavy atom. The molecule has 0 spiro atoms. The number of carbonyl (C=O) groups is 2. The van der Waals surface area contributed by atoms with Crippen LogP contribution in [-0.2, 0) is 4.79 Å². The van der Waals surface area contributed by atoms with Crippen LogP contribution in [0.2, 0.25) is 0 Å². The molecule has 0 bridgehead atoms. The van der Waals surface area contributed by atoms with E-state index in [9.17, 15) is 9.59 Å². The highest BCUT2D eigenvalue weighted by Gasteiger charge is 2.26. The van der Waals surface area contributed by atoms with Gasteiger partial charge in [0.2, 0.25) is 5.91 Å². The topological polar surface area (TPSA) is 104 Å². The van der Waals surface area contributed by atoms with E-state index in [1.54, 1.807) is 0 Å². The number of hydrazine groups is 1. The van der Waals surface area contributed by atoms with Crippen LogP contribution in [0.4, 0.5) is 4.79 Å². The fraction of sp³-hybridized carbons (Fsp3) is 0.750. The second kappa shape index (κ2) is 4.80. The summed E-state index contributed by atoms with van der Waals surface area (Å²) >= 11 is 0. The molecule has 0 atom stereocenters. The van der Waals surface area contributed by atoms with Crippen LogP contribution < -0.4 is 16.6 Å². The molecular formula is C8H15N3O3. The Labute approximate surface area is 81.8 Å². The standard InChI is InChI=1S/C8H15N3O3/c9-11-7(12)5-1-3-6(4-2-5)10-8(13)14/h5-6,10H,1-4,9H2,(H,11,12)(H,13,14)/t5-,6-. The highest BCUT2D eigenvalue weighted by Crippen LogP contribution is 2.24. The van der Waals surface area contributed by atoms with Gasteiger partial charge >= 0.3 is 6.09 Å². The second-order valence-corrected chi connectivity index (χ2v) is 3.51. The van der Waals surface area contributed by atoms with Gasteiger partial charge in [0.25, 0.3) is 0 Å². The average molecular weight is 201 g/mol. The van der Waals surface area contributed by atoms with Gasteiger partial charge in [-0.2, -0.15) is 0 Å². The van der Waals surface area contributed by atoms with Crippen molar-refractivity contribution in [3.63, 3.8) is 0 Å². The molecule has 1 rings (SSSR count). The van der Waals surface area contributed by atoms with E-state index in [4.69, 9.17) is 10.9 Å². The summed E-state index contributed by atoms with van der Waals surface area (Å²) in [6.45, 7) is 0. The van der Waals surface area contributed by atoms with Crippen LogP contribution in [0.15, 0.2) is 0 Å². The molecule has 14 heavy (non-hydrogen) atoms. The van der Waals surface area contributed by atoms with Crippen molar-refractivity contribution in [1.29, 1.82) is 0 Å². The molecule has 0 radical (unpaired) electrons. The molecule has 1 saturated carbocycles. The van der Waals surface area contributed by atoms with Crippen molar-refractivity contribution in [3.05, 3.63) is 0 Å². The predicted octanol–water partition coefficient (Wildman–Crippen LogP) is -0.197. The lowest BCUT2D eigenvalue weighted by Gasteiger charge is -2.26. The first-order valence-corrected chi connectivity index (χ1v) is 4.63. The lowest BCUT2D eigenvalue weighted by atomic mass is 9.85. The van der Waals surface area contributed by atoms with Crippen LogP contribution >= 0.6 is 0 Å². The maximum Gasteiger partial charge on any atom is 0.404 e. The van der Waals surface area contributed by atoms with Crippen molar-refractivity contribution >= 4 is 12.0 Å². The Kier molecular flexibility index (Phi) is 3.70. The SMILES string of the molecule is NNC(=O)[C@H]1CC[C@H](NC(=O)O)CC1. The third-order valence-corrected chi connectivity index (χ3v) is 2.57. The lowest BCUT2D eigenvalue weighted by molar-refractivity contribution is -0.126. The van der Waals surface area contributed by atoms with Gasteiger partial charge in [-0.25, -0.2) is 10.6 Å². The largest absolute Gasteiger partial charge is 0.465 e. The van der Waals surface area contributed by atoms with Gasteiger partial charge in [0.15, 0.2) is 0 Å². The Morgan fingerprint density at radius 1 is 1.21 bits per heavy atom. The quantitative estimate of drug-likeness (QED) is 0.282. The van der Waals surface area contributed by atoms with Crippen molar-refractivity contribution in [2.75, 3.05) is 0 Å². The van der Waals surface area contributed by atoms with Crippen molar-refractivity contribution < 1.29 is 14.7 Å². The van der Waals surface area contributed by atoms with Crippen molar-refractivity contribution in [2.45, 2.75) is 31.7 Å². The zero-order valence-corrected chi connectivity index (χ0v) is 7.82. The minimum absolute atomic E-state index is 0.0191. The lowest BCUT2D eigenvalue weighted by Crippen LogP contribution is -2.42. The molecule has 1 fully saturated rings. The first kappa shape index (κ1) is 10.8. The van der Waals surface area contributed by atoms with Crippen LogP contribution in [-0.4, -0.2) is 23.1 Å². The van der Waals surface area contributed by atoms with Gasteiger partial charge in [-0.3, -0.25) is 10.2 Å². The smallest absolute Gasteiger partial charge is 0.404 e. The van der Waals surface area contributed by atoms with E-state index in [0.29, 0.717) is 25.7 Å².